The molecule has 1 unspecified atom stereocenters. The van der Waals surface area contributed by atoms with Gasteiger partial charge in [-0.15, -0.1) is 0 Å². The first-order valence-corrected chi connectivity index (χ1v) is 11.4. The number of nitriles is 1. The molecule has 4 rings (SSSR count). The standard InChI is InChI=1S/C20H24N4O4S/c21-13-18-20(22-14-16-5-4-12-27-16)28-19(23-18)15-6-8-17(9-7-15)29(25,26)24-10-2-1-3-11-24/h6-9,16,22H,1-5,10-12,14H2. The van der Waals surface area contributed by atoms with E-state index in [0.717, 1.165) is 38.7 Å². The van der Waals surface area contributed by atoms with Crippen molar-refractivity contribution in [2.24, 2.45) is 0 Å². The predicted molar refractivity (Wildman–Crippen MR) is 107 cm³/mol. The summed E-state index contributed by atoms with van der Waals surface area (Å²) in [6.45, 7) is 2.44. The average molecular weight is 417 g/mol. The Bertz CT molecular complexity index is 982. The molecule has 2 aliphatic heterocycles. The van der Waals surface area contributed by atoms with Gasteiger partial charge in [-0.05, 0) is 49.9 Å². The van der Waals surface area contributed by atoms with Crippen LogP contribution in [0, 0.1) is 11.3 Å². The van der Waals surface area contributed by atoms with Crippen molar-refractivity contribution in [3.8, 4) is 17.5 Å². The third-order valence-electron chi connectivity index (χ3n) is 5.30. The smallest absolute Gasteiger partial charge is 0.243 e. The summed E-state index contributed by atoms with van der Waals surface area (Å²) >= 11 is 0. The number of rotatable bonds is 6. The van der Waals surface area contributed by atoms with Gasteiger partial charge >= 0.3 is 0 Å². The molecule has 1 aromatic heterocycles. The molecule has 2 aromatic rings. The van der Waals surface area contributed by atoms with Crippen LogP contribution in [0.2, 0.25) is 0 Å². The summed E-state index contributed by atoms with van der Waals surface area (Å²) in [5, 5.41) is 12.4. The molecule has 2 saturated heterocycles. The van der Waals surface area contributed by atoms with Crippen LogP contribution < -0.4 is 5.32 Å². The second kappa shape index (κ2) is 8.53. The molecule has 1 aromatic carbocycles. The average Bonchev–Trinajstić information content (AvgIpc) is 3.42. The highest BCUT2D eigenvalue weighted by atomic mass is 32.2. The Hall–Kier alpha value is -2.41. The first-order chi connectivity index (χ1) is 14.1. The van der Waals surface area contributed by atoms with Crippen LogP contribution in [0.25, 0.3) is 11.5 Å². The van der Waals surface area contributed by atoms with Gasteiger partial charge in [0.05, 0.1) is 11.0 Å². The zero-order chi connectivity index (χ0) is 20.3. The normalized spacial score (nSPS) is 20.4. The van der Waals surface area contributed by atoms with E-state index >= 15 is 0 Å². The van der Waals surface area contributed by atoms with E-state index in [4.69, 9.17) is 9.15 Å². The molecule has 154 valence electrons. The van der Waals surface area contributed by atoms with E-state index in [2.05, 4.69) is 10.3 Å². The number of anilines is 1. The molecular formula is C20H24N4O4S. The molecule has 0 radical (unpaired) electrons. The van der Waals surface area contributed by atoms with Crippen LogP contribution in [0.4, 0.5) is 5.88 Å². The van der Waals surface area contributed by atoms with Gasteiger partial charge < -0.3 is 14.5 Å². The molecule has 3 heterocycles. The maximum Gasteiger partial charge on any atom is 0.243 e. The van der Waals surface area contributed by atoms with E-state index in [9.17, 15) is 13.7 Å². The highest BCUT2D eigenvalue weighted by molar-refractivity contribution is 7.89. The molecule has 0 aliphatic carbocycles. The highest BCUT2D eigenvalue weighted by Crippen LogP contribution is 2.28. The molecular weight excluding hydrogens is 392 g/mol. The van der Waals surface area contributed by atoms with E-state index in [1.165, 1.54) is 4.31 Å². The maximum absolute atomic E-state index is 12.8. The number of ether oxygens (including phenoxy) is 1. The number of oxazole rings is 1. The summed E-state index contributed by atoms with van der Waals surface area (Å²) in [4.78, 5) is 4.49. The third-order valence-corrected chi connectivity index (χ3v) is 7.21. The fourth-order valence-electron chi connectivity index (χ4n) is 3.67. The minimum absolute atomic E-state index is 0.106. The fourth-order valence-corrected chi connectivity index (χ4v) is 5.19. The molecule has 29 heavy (non-hydrogen) atoms. The van der Waals surface area contributed by atoms with Crippen molar-refractivity contribution < 1.29 is 17.6 Å². The van der Waals surface area contributed by atoms with Gasteiger partial charge in [-0.2, -0.15) is 14.6 Å². The summed E-state index contributed by atoms with van der Waals surface area (Å²) in [5.41, 5.74) is 0.785. The van der Waals surface area contributed by atoms with E-state index in [1.807, 2.05) is 6.07 Å². The number of sulfonamides is 1. The lowest BCUT2D eigenvalue weighted by molar-refractivity contribution is 0.120. The Labute approximate surface area is 170 Å². The number of hydrogen-bond acceptors (Lipinski definition) is 7. The Balaban J connectivity index is 1.50. The summed E-state index contributed by atoms with van der Waals surface area (Å²) in [5.74, 6) is 0.585. The van der Waals surface area contributed by atoms with Gasteiger partial charge in [0.15, 0.2) is 0 Å². The number of piperidine rings is 1. The summed E-state index contributed by atoms with van der Waals surface area (Å²) in [6, 6.07) is 8.48. The topological polar surface area (TPSA) is 108 Å². The van der Waals surface area contributed by atoms with E-state index < -0.39 is 10.0 Å². The summed E-state index contributed by atoms with van der Waals surface area (Å²) in [7, 11) is -3.48. The monoisotopic (exact) mass is 416 g/mol. The molecule has 2 aliphatic rings. The Morgan fingerprint density at radius 3 is 2.59 bits per heavy atom. The first kappa shape index (κ1) is 19.9. The predicted octanol–water partition coefficient (Wildman–Crippen LogP) is 2.98. The molecule has 0 bridgehead atoms. The molecule has 2 fully saturated rings. The van der Waals surface area contributed by atoms with Crippen LogP contribution in [0.1, 0.15) is 37.8 Å². The van der Waals surface area contributed by atoms with Crippen LogP contribution in [0.3, 0.4) is 0 Å². The van der Waals surface area contributed by atoms with Crippen LogP contribution in [0.5, 0.6) is 0 Å². The summed E-state index contributed by atoms with van der Waals surface area (Å²) < 4.78 is 38.4. The minimum Gasteiger partial charge on any atom is -0.419 e. The second-order valence-corrected chi connectivity index (χ2v) is 9.25. The first-order valence-electron chi connectivity index (χ1n) is 9.95. The second-order valence-electron chi connectivity index (χ2n) is 7.31. The number of aromatic nitrogens is 1. The van der Waals surface area contributed by atoms with Gasteiger partial charge in [-0.1, -0.05) is 6.42 Å². The number of benzene rings is 1. The maximum atomic E-state index is 12.8. The Kier molecular flexibility index (Phi) is 5.85. The van der Waals surface area contributed by atoms with Crippen LogP contribution in [-0.4, -0.2) is 50.1 Å². The van der Waals surface area contributed by atoms with Gasteiger partial charge in [-0.25, -0.2) is 8.42 Å². The van der Waals surface area contributed by atoms with Gasteiger partial charge in [-0.3, -0.25) is 0 Å². The van der Waals surface area contributed by atoms with Crippen molar-refractivity contribution in [1.82, 2.24) is 9.29 Å². The molecule has 0 saturated carbocycles. The van der Waals surface area contributed by atoms with Crippen molar-refractivity contribution in [2.45, 2.75) is 43.1 Å². The molecule has 1 N–H and O–H groups in total. The highest BCUT2D eigenvalue weighted by Gasteiger charge is 2.26. The lowest BCUT2D eigenvalue weighted by atomic mass is 10.2. The minimum atomic E-state index is -3.48. The van der Waals surface area contributed by atoms with E-state index in [1.54, 1.807) is 24.3 Å². The zero-order valence-corrected chi connectivity index (χ0v) is 17.0. The number of nitrogens with one attached hydrogen (secondary N) is 1. The van der Waals surface area contributed by atoms with Crippen molar-refractivity contribution in [2.75, 3.05) is 31.6 Å². The van der Waals surface area contributed by atoms with Gasteiger partial charge in [0.2, 0.25) is 27.5 Å². The fraction of sp³-hybridized carbons (Fsp3) is 0.500. The van der Waals surface area contributed by atoms with Crippen molar-refractivity contribution >= 4 is 15.9 Å². The van der Waals surface area contributed by atoms with Crippen LogP contribution in [-0.2, 0) is 14.8 Å². The lowest BCUT2D eigenvalue weighted by Crippen LogP contribution is -2.35. The Morgan fingerprint density at radius 2 is 1.93 bits per heavy atom. The van der Waals surface area contributed by atoms with Crippen molar-refractivity contribution in [1.29, 1.82) is 5.26 Å². The van der Waals surface area contributed by atoms with Crippen LogP contribution in [0.15, 0.2) is 33.6 Å². The van der Waals surface area contributed by atoms with Gasteiger partial charge in [0, 0.05) is 31.8 Å². The Morgan fingerprint density at radius 1 is 1.17 bits per heavy atom. The van der Waals surface area contributed by atoms with Gasteiger partial charge in [0.1, 0.15) is 6.07 Å². The van der Waals surface area contributed by atoms with E-state index in [-0.39, 0.29) is 22.6 Å². The van der Waals surface area contributed by atoms with Gasteiger partial charge in [0.25, 0.3) is 0 Å². The molecule has 0 amide bonds. The number of nitrogens with zero attached hydrogens (tertiary/aromatic N) is 3. The quantitative estimate of drug-likeness (QED) is 0.771. The van der Waals surface area contributed by atoms with Crippen LogP contribution >= 0.6 is 0 Å². The molecule has 9 heteroatoms. The SMILES string of the molecule is N#Cc1nc(-c2ccc(S(=O)(=O)N3CCCCC3)cc2)oc1NCC1CCCO1. The lowest BCUT2D eigenvalue weighted by Gasteiger charge is -2.25. The van der Waals surface area contributed by atoms with E-state index in [0.29, 0.717) is 31.1 Å². The number of hydrogen-bond donors (Lipinski definition) is 1. The largest absolute Gasteiger partial charge is 0.419 e. The molecule has 0 spiro atoms. The van der Waals surface area contributed by atoms with Crippen molar-refractivity contribution in [3.63, 3.8) is 0 Å². The van der Waals surface area contributed by atoms with Crippen molar-refractivity contribution in [3.05, 3.63) is 30.0 Å². The summed E-state index contributed by atoms with van der Waals surface area (Å²) in [6.07, 6.45) is 4.97. The molecule has 1 atom stereocenters. The zero-order valence-electron chi connectivity index (χ0n) is 16.1. The third kappa shape index (κ3) is 4.29. The molecule has 8 nitrogen and oxygen atoms in total.